The molecule has 112 valence electrons. The van der Waals surface area contributed by atoms with Crippen molar-refractivity contribution in [1.82, 2.24) is 15.3 Å². The van der Waals surface area contributed by atoms with Crippen molar-refractivity contribution < 1.29 is 19.1 Å². The summed E-state index contributed by atoms with van der Waals surface area (Å²) in [7, 11) is 0. The van der Waals surface area contributed by atoms with Crippen LogP contribution in [0.5, 0.6) is 0 Å². The lowest BCUT2D eigenvalue weighted by molar-refractivity contribution is -0.140. The second kappa shape index (κ2) is 5.90. The molecule has 2 atom stereocenters. The SMILES string of the molecule is CC[C@H](C)[C@H](NC(=O)c1cc(F)cc2[nH]cnc12)C(=O)O. The van der Waals surface area contributed by atoms with Crippen LogP contribution >= 0.6 is 0 Å². The number of carboxylic acid groups (broad SMARTS) is 1. The minimum atomic E-state index is -1.12. The first-order valence-corrected chi connectivity index (χ1v) is 6.60. The summed E-state index contributed by atoms with van der Waals surface area (Å²) in [5.41, 5.74) is 0.707. The molecule has 0 saturated carbocycles. The molecule has 0 unspecified atom stereocenters. The Morgan fingerprint density at radius 1 is 1.48 bits per heavy atom. The summed E-state index contributed by atoms with van der Waals surface area (Å²) < 4.78 is 13.5. The first-order valence-electron chi connectivity index (χ1n) is 6.60. The summed E-state index contributed by atoms with van der Waals surface area (Å²) in [6, 6.07) is 1.25. The van der Waals surface area contributed by atoms with E-state index in [9.17, 15) is 19.1 Å². The van der Waals surface area contributed by atoms with Gasteiger partial charge in [0.2, 0.25) is 0 Å². The quantitative estimate of drug-likeness (QED) is 0.785. The molecule has 7 heteroatoms. The van der Waals surface area contributed by atoms with E-state index in [0.717, 1.165) is 6.07 Å². The van der Waals surface area contributed by atoms with Crippen LogP contribution in [0, 0.1) is 11.7 Å². The summed E-state index contributed by atoms with van der Waals surface area (Å²) in [6.45, 7) is 3.57. The van der Waals surface area contributed by atoms with Crippen LogP contribution in [0.3, 0.4) is 0 Å². The molecule has 0 aliphatic heterocycles. The van der Waals surface area contributed by atoms with Gasteiger partial charge in [0, 0.05) is 0 Å². The molecular weight excluding hydrogens is 277 g/mol. The van der Waals surface area contributed by atoms with Gasteiger partial charge in [-0.25, -0.2) is 14.2 Å². The molecular formula is C14H16FN3O3. The van der Waals surface area contributed by atoms with Crippen LogP contribution in [0.1, 0.15) is 30.6 Å². The number of benzene rings is 1. The van der Waals surface area contributed by atoms with Gasteiger partial charge < -0.3 is 15.4 Å². The number of fused-ring (bicyclic) bond motifs is 1. The molecule has 0 radical (unpaired) electrons. The molecule has 0 aliphatic rings. The Morgan fingerprint density at radius 2 is 2.19 bits per heavy atom. The van der Waals surface area contributed by atoms with Crippen LogP contribution in [0.25, 0.3) is 11.0 Å². The average molecular weight is 293 g/mol. The van der Waals surface area contributed by atoms with Crippen molar-refractivity contribution in [3.8, 4) is 0 Å². The van der Waals surface area contributed by atoms with Crippen LogP contribution in [0.15, 0.2) is 18.5 Å². The molecule has 1 amide bonds. The van der Waals surface area contributed by atoms with Gasteiger partial charge in [0.05, 0.1) is 17.4 Å². The third kappa shape index (κ3) is 3.01. The Balaban J connectivity index is 2.33. The monoisotopic (exact) mass is 293 g/mol. The summed E-state index contributed by atoms with van der Waals surface area (Å²) in [4.78, 5) is 30.2. The molecule has 0 saturated heterocycles. The fourth-order valence-electron chi connectivity index (χ4n) is 2.09. The number of halogens is 1. The smallest absolute Gasteiger partial charge is 0.326 e. The molecule has 2 rings (SSSR count). The second-order valence-electron chi connectivity index (χ2n) is 4.93. The zero-order valence-corrected chi connectivity index (χ0v) is 11.7. The van der Waals surface area contributed by atoms with Crippen LogP contribution in [-0.4, -0.2) is 33.0 Å². The normalized spacial score (nSPS) is 13.9. The Morgan fingerprint density at radius 3 is 2.81 bits per heavy atom. The number of nitrogens with one attached hydrogen (secondary N) is 2. The minimum absolute atomic E-state index is 0.0146. The van der Waals surface area contributed by atoms with Gasteiger partial charge in [-0.1, -0.05) is 20.3 Å². The number of aliphatic carboxylic acids is 1. The van der Waals surface area contributed by atoms with E-state index in [-0.39, 0.29) is 11.5 Å². The van der Waals surface area contributed by atoms with Crippen molar-refractivity contribution in [2.75, 3.05) is 0 Å². The van der Waals surface area contributed by atoms with E-state index in [1.54, 1.807) is 6.92 Å². The lowest BCUT2D eigenvalue weighted by Crippen LogP contribution is -2.45. The number of aromatic amines is 1. The number of carboxylic acids is 1. The number of aromatic nitrogens is 2. The van der Waals surface area contributed by atoms with Crippen molar-refractivity contribution in [1.29, 1.82) is 0 Å². The number of carbonyl (C=O) groups is 2. The predicted octanol–water partition coefficient (Wildman–Crippen LogP) is 1.93. The number of hydrogen-bond acceptors (Lipinski definition) is 3. The van der Waals surface area contributed by atoms with Crippen LogP contribution in [0.4, 0.5) is 4.39 Å². The molecule has 1 aromatic carbocycles. The number of imidazole rings is 1. The largest absolute Gasteiger partial charge is 0.480 e. The van der Waals surface area contributed by atoms with E-state index in [0.29, 0.717) is 17.5 Å². The number of hydrogen-bond donors (Lipinski definition) is 3. The average Bonchev–Trinajstić information content (AvgIpc) is 2.90. The summed E-state index contributed by atoms with van der Waals surface area (Å²) >= 11 is 0. The van der Waals surface area contributed by atoms with Crippen molar-refractivity contribution in [2.45, 2.75) is 26.3 Å². The molecule has 3 N–H and O–H groups in total. The summed E-state index contributed by atoms with van der Waals surface area (Å²) in [5, 5.41) is 11.6. The van der Waals surface area contributed by atoms with Crippen LogP contribution in [0.2, 0.25) is 0 Å². The van der Waals surface area contributed by atoms with Gasteiger partial charge in [0.1, 0.15) is 17.4 Å². The van der Waals surface area contributed by atoms with Crippen molar-refractivity contribution in [3.63, 3.8) is 0 Å². The molecule has 0 bridgehead atoms. The van der Waals surface area contributed by atoms with Crippen molar-refractivity contribution in [2.24, 2.45) is 5.92 Å². The number of carbonyl (C=O) groups excluding carboxylic acids is 1. The Bertz CT molecular complexity index is 683. The Kier molecular flexibility index (Phi) is 4.21. The number of amides is 1. The molecule has 0 aliphatic carbocycles. The first-order chi connectivity index (χ1) is 9.93. The summed E-state index contributed by atoms with van der Waals surface area (Å²) in [6.07, 6.45) is 1.95. The van der Waals surface area contributed by atoms with E-state index in [1.165, 1.54) is 12.4 Å². The standard InChI is InChI=1S/C14H16FN3O3/c1-3-7(2)11(14(20)21)18-13(19)9-4-8(15)5-10-12(9)17-6-16-10/h4-7,11H,3H2,1-2H3,(H,16,17)(H,18,19)(H,20,21)/t7-,11-/m0/s1. The summed E-state index contributed by atoms with van der Waals surface area (Å²) in [5.74, 6) is -2.60. The Hall–Kier alpha value is -2.44. The number of H-pyrrole nitrogens is 1. The maximum atomic E-state index is 13.5. The Labute approximate surface area is 120 Å². The third-order valence-electron chi connectivity index (χ3n) is 3.50. The maximum absolute atomic E-state index is 13.5. The van der Waals surface area contributed by atoms with Gasteiger partial charge in [-0.15, -0.1) is 0 Å². The fourth-order valence-corrected chi connectivity index (χ4v) is 2.09. The minimum Gasteiger partial charge on any atom is -0.480 e. The van der Waals surface area contributed by atoms with Gasteiger partial charge in [0.15, 0.2) is 0 Å². The lowest BCUT2D eigenvalue weighted by Gasteiger charge is -2.20. The highest BCUT2D eigenvalue weighted by Gasteiger charge is 2.26. The van der Waals surface area contributed by atoms with Gasteiger partial charge >= 0.3 is 5.97 Å². The third-order valence-corrected chi connectivity index (χ3v) is 3.50. The van der Waals surface area contributed by atoms with E-state index in [4.69, 9.17) is 0 Å². The van der Waals surface area contributed by atoms with Crippen LogP contribution < -0.4 is 5.32 Å². The second-order valence-corrected chi connectivity index (χ2v) is 4.93. The highest BCUT2D eigenvalue weighted by Crippen LogP contribution is 2.18. The van der Waals surface area contributed by atoms with Crippen molar-refractivity contribution >= 4 is 22.9 Å². The van der Waals surface area contributed by atoms with Gasteiger partial charge in [-0.2, -0.15) is 0 Å². The van der Waals surface area contributed by atoms with E-state index >= 15 is 0 Å². The highest BCUT2D eigenvalue weighted by atomic mass is 19.1. The topological polar surface area (TPSA) is 95.1 Å². The zero-order valence-electron chi connectivity index (χ0n) is 11.7. The van der Waals surface area contributed by atoms with Gasteiger partial charge in [0.25, 0.3) is 5.91 Å². The van der Waals surface area contributed by atoms with E-state index in [2.05, 4.69) is 15.3 Å². The molecule has 0 spiro atoms. The van der Waals surface area contributed by atoms with E-state index < -0.39 is 23.7 Å². The first kappa shape index (κ1) is 15.0. The molecule has 21 heavy (non-hydrogen) atoms. The van der Waals surface area contributed by atoms with Crippen molar-refractivity contribution in [3.05, 3.63) is 29.8 Å². The molecule has 6 nitrogen and oxygen atoms in total. The number of nitrogens with zero attached hydrogens (tertiary/aromatic N) is 1. The van der Waals surface area contributed by atoms with Gasteiger partial charge in [-0.3, -0.25) is 4.79 Å². The van der Waals surface area contributed by atoms with Gasteiger partial charge in [-0.05, 0) is 18.1 Å². The highest BCUT2D eigenvalue weighted by molar-refractivity contribution is 6.05. The van der Waals surface area contributed by atoms with E-state index in [1.807, 2.05) is 6.92 Å². The molecule has 0 fully saturated rings. The molecule has 1 aromatic heterocycles. The zero-order chi connectivity index (χ0) is 15.6. The lowest BCUT2D eigenvalue weighted by atomic mass is 9.99. The molecule has 1 heterocycles. The fraction of sp³-hybridized carbons (Fsp3) is 0.357. The predicted molar refractivity (Wildman–Crippen MR) is 74.4 cm³/mol. The number of rotatable bonds is 5. The molecule has 2 aromatic rings. The van der Waals surface area contributed by atoms with Crippen LogP contribution in [-0.2, 0) is 4.79 Å². The maximum Gasteiger partial charge on any atom is 0.326 e.